The van der Waals surface area contributed by atoms with Gasteiger partial charge in [-0.3, -0.25) is 0 Å². The molecule has 0 aliphatic carbocycles. The third-order valence-electron chi connectivity index (χ3n) is 2.65. The van der Waals surface area contributed by atoms with Crippen molar-refractivity contribution < 1.29 is 0 Å². The van der Waals surface area contributed by atoms with Crippen LogP contribution in [-0.4, -0.2) is 16.4 Å². The van der Waals surface area contributed by atoms with Crippen LogP contribution in [0.3, 0.4) is 0 Å². The summed E-state index contributed by atoms with van der Waals surface area (Å²) in [6, 6.07) is 4.38. The van der Waals surface area contributed by atoms with Gasteiger partial charge in [-0.25, -0.2) is 4.98 Å². The molecule has 3 nitrogen and oxygen atoms in total. The third-order valence-corrected chi connectivity index (χ3v) is 2.65. The van der Waals surface area contributed by atoms with Crippen molar-refractivity contribution in [2.45, 2.75) is 26.3 Å². The summed E-state index contributed by atoms with van der Waals surface area (Å²) < 4.78 is 2.07. The molecule has 0 bridgehead atoms. The number of pyridine rings is 1. The van der Waals surface area contributed by atoms with Gasteiger partial charge in [0.2, 0.25) is 0 Å². The zero-order chi connectivity index (χ0) is 10.8. The molecule has 0 saturated carbocycles. The average Bonchev–Trinajstić information content (AvgIpc) is 2.61. The van der Waals surface area contributed by atoms with Gasteiger partial charge in [-0.15, -0.1) is 0 Å². The van der Waals surface area contributed by atoms with Crippen LogP contribution in [0.2, 0.25) is 0 Å². The molecule has 0 aromatic carbocycles. The Bertz CT molecular complexity index is 457. The van der Waals surface area contributed by atoms with E-state index >= 15 is 0 Å². The molecule has 2 rings (SSSR count). The Morgan fingerprint density at radius 1 is 1.47 bits per heavy atom. The van der Waals surface area contributed by atoms with Crippen molar-refractivity contribution >= 4 is 5.52 Å². The number of nitrogens with zero attached hydrogens (tertiary/aromatic N) is 2. The molecule has 3 heteroatoms. The predicted octanol–water partition coefficient (Wildman–Crippen LogP) is 2.18. The summed E-state index contributed by atoms with van der Waals surface area (Å²) in [5.74, 6) is 0.562. The van der Waals surface area contributed by atoms with E-state index in [4.69, 9.17) is 0 Å². The topological polar surface area (TPSA) is 29.3 Å². The van der Waals surface area contributed by atoms with E-state index in [-0.39, 0.29) is 0 Å². The Labute approximate surface area is 90.1 Å². The summed E-state index contributed by atoms with van der Waals surface area (Å²) in [6.07, 6.45) is 3.95. The normalized spacial score (nSPS) is 11.5. The van der Waals surface area contributed by atoms with Gasteiger partial charge < -0.3 is 9.72 Å². The van der Waals surface area contributed by atoms with Crippen LogP contribution in [0.4, 0.5) is 0 Å². The summed E-state index contributed by atoms with van der Waals surface area (Å²) in [4.78, 5) is 4.39. The van der Waals surface area contributed by atoms with E-state index in [2.05, 4.69) is 46.9 Å². The number of aromatic nitrogens is 2. The van der Waals surface area contributed by atoms with Crippen LogP contribution in [0, 0.1) is 0 Å². The van der Waals surface area contributed by atoms with Crippen LogP contribution >= 0.6 is 0 Å². The van der Waals surface area contributed by atoms with Crippen LogP contribution in [0.15, 0.2) is 24.7 Å². The Morgan fingerprint density at radius 3 is 2.93 bits per heavy atom. The first-order valence-electron chi connectivity index (χ1n) is 5.32. The Kier molecular flexibility index (Phi) is 2.73. The smallest absolute Gasteiger partial charge is 0.0996 e. The first-order chi connectivity index (χ1) is 7.22. The molecule has 15 heavy (non-hydrogen) atoms. The lowest BCUT2D eigenvalue weighted by Gasteiger charge is -2.06. The third kappa shape index (κ3) is 1.88. The van der Waals surface area contributed by atoms with Gasteiger partial charge in [-0.2, -0.15) is 0 Å². The molecule has 2 aromatic heterocycles. The number of hydrogen-bond acceptors (Lipinski definition) is 2. The predicted molar refractivity (Wildman–Crippen MR) is 62.0 cm³/mol. The first-order valence-corrected chi connectivity index (χ1v) is 5.32. The molecule has 2 aromatic rings. The Hall–Kier alpha value is -1.35. The summed E-state index contributed by atoms with van der Waals surface area (Å²) in [5, 5.41) is 3.14. The van der Waals surface area contributed by atoms with Gasteiger partial charge >= 0.3 is 0 Å². The Balaban J connectivity index is 2.51. The number of imidazole rings is 1. The highest BCUT2D eigenvalue weighted by molar-refractivity contribution is 5.54. The standard InChI is InChI=1S/C12H17N3/c1-9(2)10-4-5-15-8-14-11(7-13-3)12(15)6-10/h4-6,8-9,13H,7H2,1-3H3. The second-order valence-corrected chi connectivity index (χ2v) is 4.13. The van der Waals surface area contributed by atoms with Crippen LogP contribution in [0.25, 0.3) is 5.52 Å². The van der Waals surface area contributed by atoms with Crippen LogP contribution in [0.5, 0.6) is 0 Å². The number of nitrogens with one attached hydrogen (secondary N) is 1. The van der Waals surface area contributed by atoms with Crippen molar-refractivity contribution in [3.8, 4) is 0 Å². The highest BCUT2D eigenvalue weighted by atomic mass is 15.0. The maximum Gasteiger partial charge on any atom is 0.0996 e. The molecule has 2 heterocycles. The van der Waals surface area contributed by atoms with Gasteiger partial charge in [0.05, 0.1) is 17.5 Å². The van der Waals surface area contributed by atoms with Gasteiger partial charge in [0.25, 0.3) is 0 Å². The molecular formula is C12H17N3. The summed E-state index contributed by atoms with van der Waals surface area (Å²) in [7, 11) is 1.94. The molecular weight excluding hydrogens is 186 g/mol. The van der Waals surface area contributed by atoms with Crippen LogP contribution < -0.4 is 5.32 Å². The molecule has 0 amide bonds. The van der Waals surface area contributed by atoms with Gasteiger partial charge in [0.1, 0.15) is 0 Å². The van der Waals surface area contributed by atoms with Gasteiger partial charge in [0, 0.05) is 12.7 Å². The van der Waals surface area contributed by atoms with E-state index in [1.807, 2.05) is 13.4 Å². The molecule has 0 atom stereocenters. The van der Waals surface area contributed by atoms with Gasteiger partial charge in [-0.05, 0) is 30.7 Å². The summed E-state index contributed by atoms with van der Waals surface area (Å²) >= 11 is 0. The fourth-order valence-electron chi connectivity index (χ4n) is 1.72. The van der Waals surface area contributed by atoms with E-state index < -0.39 is 0 Å². The highest BCUT2D eigenvalue weighted by Crippen LogP contribution is 2.18. The van der Waals surface area contributed by atoms with Crippen molar-refractivity contribution in [2.24, 2.45) is 0 Å². The van der Waals surface area contributed by atoms with Gasteiger partial charge in [-0.1, -0.05) is 13.8 Å². The number of rotatable bonds is 3. The van der Waals surface area contributed by atoms with Crippen molar-refractivity contribution in [1.29, 1.82) is 0 Å². The SMILES string of the molecule is CNCc1ncn2ccc(C(C)C)cc12. The highest BCUT2D eigenvalue weighted by Gasteiger charge is 2.05. The molecule has 1 N–H and O–H groups in total. The molecule has 0 fully saturated rings. The fraction of sp³-hybridized carbons (Fsp3) is 0.417. The van der Waals surface area contributed by atoms with Crippen molar-refractivity contribution in [1.82, 2.24) is 14.7 Å². The molecule has 0 aliphatic heterocycles. The molecule has 80 valence electrons. The summed E-state index contributed by atoms with van der Waals surface area (Å²) in [5.41, 5.74) is 3.68. The maximum absolute atomic E-state index is 4.39. The van der Waals surface area contributed by atoms with Crippen LogP contribution in [0.1, 0.15) is 31.0 Å². The Morgan fingerprint density at radius 2 is 2.27 bits per heavy atom. The lowest BCUT2D eigenvalue weighted by molar-refractivity contribution is 0.802. The zero-order valence-corrected chi connectivity index (χ0v) is 9.49. The van der Waals surface area contributed by atoms with Crippen molar-refractivity contribution in [2.75, 3.05) is 7.05 Å². The molecule has 0 spiro atoms. The lowest BCUT2D eigenvalue weighted by atomic mass is 10.0. The summed E-state index contributed by atoms with van der Waals surface area (Å²) in [6.45, 7) is 5.23. The quantitative estimate of drug-likeness (QED) is 0.828. The average molecular weight is 203 g/mol. The molecule has 0 saturated heterocycles. The zero-order valence-electron chi connectivity index (χ0n) is 9.49. The molecule has 0 aliphatic rings. The second kappa shape index (κ2) is 4.03. The monoisotopic (exact) mass is 203 g/mol. The van der Waals surface area contributed by atoms with E-state index in [0.717, 1.165) is 12.2 Å². The number of fused-ring (bicyclic) bond motifs is 1. The van der Waals surface area contributed by atoms with Crippen LogP contribution in [-0.2, 0) is 6.54 Å². The largest absolute Gasteiger partial charge is 0.314 e. The molecule has 0 radical (unpaired) electrons. The minimum Gasteiger partial charge on any atom is -0.314 e. The van der Waals surface area contributed by atoms with Crippen molar-refractivity contribution in [3.05, 3.63) is 35.9 Å². The first kappa shape index (κ1) is 10.2. The number of hydrogen-bond donors (Lipinski definition) is 1. The molecule has 0 unspecified atom stereocenters. The second-order valence-electron chi connectivity index (χ2n) is 4.13. The van der Waals surface area contributed by atoms with E-state index in [9.17, 15) is 0 Å². The van der Waals surface area contributed by atoms with Gasteiger partial charge in [0.15, 0.2) is 0 Å². The maximum atomic E-state index is 4.39. The van der Waals surface area contributed by atoms with Crippen molar-refractivity contribution in [3.63, 3.8) is 0 Å². The van der Waals surface area contributed by atoms with E-state index in [1.165, 1.54) is 11.1 Å². The minimum atomic E-state index is 0.562. The fourth-order valence-corrected chi connectivity index (χ4v) is 1.72. The van der Waals surface area contributed by atoms with E-state index in [0.29, 0.717) is 5.92 Å². The minimum absolute atomic E-state index is 0.562. The lowest BCUT2D eigenvalue weighted by Crippen LogP contribution is -2.05. The van der Waals surface area contributed by atoms with E-state index in [1.54, 1.807) is 0 Å².